The van der Waals surface area contributed by atoms with Crippen LogP contribution >= 0.6 is 22.9 Å². The molecule has 0 aliphatic carbocycles. The molecule has 27 heavy (non-hydrogen) atoms. The maximum Gasteiger partial charge on any atom is 0.341 e. The Labute approximate surface area is 164 Å². The van der Waals surface area contributed by atoms with Gasteiger partial charge in [0.1, 0.15) is 10.8 Å². The van der Waals surface area contributed by atoms with Crippen molar-refractivity contribution >= 4 is 49.7 Å². The van der Waals surface area contributed by atoms with E-state index in [0.29, 0.717) is 10.4 Å². The van der Waals surface area contributed by atoms with Crippen LogP contribution in [0.3, 0.4) is 0 Å². The Hall–Kier alpha value is -1.97. The third kappa shape index (κ3) is 4.15. The zero-order valence-electron chi connectivity index (χ0n) is 14.2. The van der Waals surface area contributed by atoms with Gasteiger partial charge in [0, 0.05) is 9.90 Å². The lowest BCUT2D eigenvalue weighted by atomic mass is 10.1. The molecule has 1 aliphatic rings. The van der Waals surface area contributed by atoms with E-state index >= 15 is 0 Å². The standard InChI is InChI=1S/C17H15ClFNO5S2/c1-2-25-17(22)14-11-5-6-27(23,24)8-13(11)26-16(14)20-15(21)10-4-3-9(18)7-12(10)19/h3-4,7H,2,5-6,8H2,1H3,(H,20,21). The first-order chi connectivity index (χ1) is 12.7. The normalized spacial score (nSPS) is 15.1. The van der Waals surface area contributed by atoms with Gasteiger partial charge in [0.25, 0.3) is 5.91 Å². The summed E-state index contributed by atoms with van der Waals surface area (Å²) in [6, 6.07) is 3.61. The largest absolute Gasteiger partial charge is 0.462 e. The topological polar surface area (TPSA) is 89.5 Å². The Morgan fingerprint density at radius 3 is 2.78 bits per heavy atom. The van der Waals surface area contributed by atoms with Crippen molar-refractivity contribution in [1.29, 1.82) is 0 Å². The van der Waals surface area contributed by atoms with Crippen LogP contribution in [0.4, 0.5) is 9.39 Å². The van der Waals surface area contributed by atoms with Crippen molar-refractivity contribution < 1.29 is 27.1 Å². The van der Waals surface area contributed by atoms with Crippen molar-refractivity contribution in [1.82, 2.24) is 0 Å². The summed E-state index contributed by atoms with van der Waals surface area (Å²) in [6.45, 7) is 1.77. The molecule has 0 saturated carbocycles. The Morgan fingerprint density at radius 1 is 1.37 bits per heavy atom. The molecule has 0 radical (unpaired) electrons. The van der Waals surface area contributed by atoms with Crippen LogP contribution in [0, 0.1) is 5.82 Å². The number of carbonyl (C=O) groups excluding carboxylic acids is 2. The van der Waals surface area contributed by atoms with Gasteiger partial charge in [-0.1, -0.05) is 11.6 Å². The molecule has 6 nitrogen and oxygen atoms in total. The van der Waals surface area contributed by atoms with Crippen LogP contribution < -0.4 is 5.32 Å². The number of esters is 1. The highest BCUT2D eigenvalue weighted by Gasteiger charge is 2.32. The Kier molecular flexibility index (Phi) is 5.55. The number of hydrogen-bond acceptors (Lipinski definition) is 6. The fourth-order valence-corrected chi connectivity index (χ4v) is 5.97. The summed E-state index contributed by atoms with van der Waals surface area (Å²) >= 11 is 6.68. The molecule has 10 heteroatoms. The first-order valence-corrected chi connectivity index (χ1v) is 11.0. The number of nitrogens with one attached hydrogen (secondary N) is 1. The molecule has 0 unspecified atom stereocenters. The number of hydrogen-bond donors (Lipinski definition) is 1. The van der Waals surface area contributed by atoms with Crippen molar-refractivity contribution in [2.24, 2.45) is 0 Å². The molecule has 1 amide bonds. The fraction of sp³-hybridized carbons (Fsp3) is 0.294. The second-order valence-corrected chi connectivity index (χ2v) is 9.57. The van der Waals surface area contributed by atoms with Crippen LogP contribution in [0.15, 0.2) is 18.2 Å². The van der Waals surface area contributed by atoms with Crippen molar-refractivity contribution in [3.05, 3.63) is 50.6 Å². The van der Waals surface area contributed by atoms with Gasteiger partial charge >= 0.3 is 5.97 Å². The highest BCUT2D eigenvalue weighted by atomic mass is 35.5. The second-order valence-electron chi connectivity index (χ2n) is 5.85. The molecule has 0 spiro atoms. The zero-order chi connectivity index (χ0) is 19.8. The van der Waals surface area contributed by atoms with Crippen molar-refractivity contribution in [2.45, 2.75) is 19.1 Å². The summed E-state index contributed by atoms with van der Waals surface area (Å²) < 4.78 is 42.8. The Balaban J connectivity index is 2.00. The number of carbonyl (C=O) groups is 2. The quantitative estimate of drug-likeness (QED) is 0.749. The summed E-state index contributed by atoms with van der Waals surface area (Å²) in [6.07, 6.45) is 0.160. The van der Waals surface area contributed by atoms with E-state index in [1.54, 1.807) is 6.92 Å². The van der Waals surface area contributed by atoms with Gasteiger partial charge in [-0.05, 0) is 37.1 Å². The maximum atomic E-state index is 14.0. The first-order valence-electron chi connectivity index (χ1n) is 8.00. The highest BCUT2D eigenvalue weighted by Crippen LogP contribution is 2.38. The van der Waals surface area contributed by atoms with Crippen LogP contribution in [0.25, 0.3) is 0 Å². The molecule has 0 fully saturated rings. The minimum Gasteiger partial charge on any atom is -0.462 e. The van der Waals surface area contributed by atoms with Gasteiger partial charge in [-0.15, -0.1) is 11.3 Å². The number of anilines is 1. The Bertz CT molecular complexity index is 1030. The van der Waals surface area contributed by atoms with E-state index in [1.165, 1.54) is 12.1 Å². The van der Waals surface area contributed by atoms with Crippen LogP contribution in [0.5, 0.6) is 0 Å². The predicted molar refractivity (Wildman–Crippen MR) is 101 cm³/mol. The van der Waals surface area contributed by atoms with Gasteiger partial charge in [-0.3, -0.25) is 4.79 Å². The molecule has 1 aliphatic heterocycles. The molecular weight excluding hydrogens is 417 g/mol. The smallest absolute Gasteiger partial charge is 0.341 e. The number of benzene rings is 1. The molecule has 1 aromatic carbocycles. The molecule has 1 aromatic heterocycles. The van der Waals surface area contributed by atoms with Crippen LogP contribution in [0.2, 0.25) is 5.02 Å². The summed E-state index contributed by atoms with van der Waals surface area (Å²) in [7, 11) is -3.26. The third-order valence-corrected chi connectivity index (χ3v) is 7.11. The lowest BCUT2D eigenvalue weighted by Crippen LogP contribution is -2.20. The van der Waals surface area contributed by atoms with Gasteiger partial charge in [-0.2, -0.15) is 0 Å². The predicted octanol–water partition coefficient (Wildman–Crippen LogP) is 3.44. The van der Waals surface area contributed by atoms with E-state index in [4.69, 9.17) is 16.3 Å². The van der Waals surface area contributed by atoms with Gasteiger partial charge in [0.2, 0.25) is 0 Å². The summed E-state index contributed by atoms with van der Waals surface area (Å²) in [4.78, 5) is 25.3. The minimum atomic E-state index is -3.26. The average Bonchev–Trinajstić information content (AvgIpc) is 2.90. The van der Waals surface area contributed by atoms with Gasteiger partial charge < -0.3 is 10.1 Å². The molecule has 1 N–H and O–H groups in total. The van der Waals surface area contributed by atoms with Crippen LogP contribution in [-0.4, -0.2) is 32.7 Å². The highest BCUT2D eigenvalue weighted by molar-refractivity contribution is 7.90. The van der Waals surface area contributed by atoms with E-state index in [2.05, 4.69) is 5.32 Å². The molecule has 0 bridgehead atoms. The number of sulfone groups is 1. The number of rotatable bonds is 4. The van der Waals surface area contributed by atoms with Crippen LogP contribution in [0.1, 0.15) is 38.1 Å². The average molecular weight is 432 g/mol. The van der Waals surface area contributed by atoms with Crippen molar-refractivity contribution in [3.63, 3.8) is 0 Å². The number of fused-ring (bicyclic) bond motifs is 1. The SMILES string of the molecule is CCOC(=O)c1c(NC(=O)c2ccc(Cl)cc2F)sc2c1CCS(=O)(=O)C2. The van der Waals surface area contributed by atoms with Crippen LogP contribution in [-0.2, 0) is 26.7 Å². The third-order valence-electron chi connectivity index (χ3n) is 3.99. The lowest BCUT2D eigenvalue weighted by molar-refractivity contribution is 0.0527. The zero-order valence-corrected chi connectivity index (χ0v) is 16.6. The summed E-state index contributed by atoms with van der Waals surface area (Å²) in [5, 5.41) is 2.81. The molecular formula is C17H15ClFNO5S2. The number of amides is 1. The van der Waals surface area contributed by atoms with E-state index in [9.17, 15) is 22.4 Å². The van der Waals surface area contributed by atoms with Gasteiger partial charge in [0.05, 0.1) is 29.2 Å². The fourth-order valence-electron chi connectivity index (χ4n) is 2.77. The number of thiophene rings is 1. The lowest BCUT2D eigenvalue weighted by Gasteiger charge is -2.13. The summed E-state index contributed by atoms with van der Waals surface area (Å²) in [5.41, 5.74) is 0.447. The van der Waals surface area contributed by atoms with E-state index in [0.717, 1.165) is 17.4 Å². The molecule has 144 valence electrons. The van der Waals surface area contributed by atoms with E-state index in [-0.39, 0.29) is 45.7 Å². The van der Waals surface area contributed by atoms with Crippen molar-refractivity contribution in [3.8, 4) is 0 Å². The van der Waals surface area contributed by atoms with Gasteiger partial charge in [-0.25, -0.2) is 17.6 Å². The summed E-state index contributed by atoms with van der Waals surface area (Å²) in [5.74, 6) is -2.51. The molecule has 3 rings (SSSR count). The second kappa shape index (κ2) is 7.57. The molecule has 2 heterocycles. The van der Waals surface area contributed by atoms with E-state index in [1.807, 2.05) is 0 Å². The number of ether oxygens (including phenoxy) is 1. The van der Waals surface area contributed by atoms with Gasteiger partial charge in [0.15, 0.2) is 9.84 Å². The minimum absolute atomic E-state index is 0.0810. The first kappa shape index (κ1) is 19.8. The molecule has 0 atom stereocenters. The monoisotopic (exact) mass is 431 g/mol. The number of halogens is 2. The van der Waals surface area contributed by atoms with E-state index < -0.39 is 27.5 Å². The Morgan fingerprint density at radius 2 is 2.11 bits per heavy atom. The molecule has 2 aromatic rings. The molecule has 0 saturated heterocycles. The van der Waals surface area contributed by atoms with Crippen molar-refractivity contribution in [2.75, 3.05) is 17.7 Å². The maximum absolute atomic E-state index is 14.0.